The van der Waals surface area contributed by atoms with Gasteiger partial charge in [-0.3, -0.25) is 4.90 Å². The first-order valence-electron chi connectivity index (χ1n) is 5.91. The molecule has 1 saturated heterocycles. The molecule has 0 saturated carbocycles. The molecule has 0 bridgehead atoms. The van der Waals surface area contributed by atoms with Gasteiger partial charge in [0.25, 0.3) is 0 Å². The number of aliphatic hydroxyl groups is 1. The van der Waals surface area contributed by atoms with Crippen molar-refractivity contribution in [2.24, 2.45) is 0 Å². The second-order valence-corrected chi connectivity index (χ2v) is 4.37. The molecule has 2 nitrogen and oxygen atoms in total. The zero-order chi connectivity index (χ0) is 11.4. The summed E-state index contributed by atoms with van der Waals surface area (Å²) in [6, 6.07) is 4.92. The smallest absolute Gasteiger partial charge is 0.128 e. The van der Waals surface area contributed by atoms with Crippen molar-refractivity contribution in [1.82, 2.24) is 4.90 Å². The Balaban J connectivity index is 2.12. The van der Waals surface area contributed by atoms with E-state index in [2.05, 4.69) is 4.90 Å². The highest BCUT2D eigenvalue weighted by molar-refractivity contribution is 5.28. The van der Waals surface area contributed by atoms with Gasteiger partial charge < -0.3 is 5.11 Å². The van der Waals surface area contributed by atoms with Crippen LogP contribution in [0.5, 0.6) is 0 Å². The van der Waals surface area contributed by atoms with Gasteiger partial charge >= 0.3 is 0 Å². The minimum atomic E-state index is -0.197. The fourth-order valence-electron chi connectivity index (χ4n) is 2.27. The van der Waals surface area contributed by atoms with Gasteiger partial charge in [-0.05, 0) is 37.6 Å². The first kappa shape index (κ1) is 11.6. The number of aliphatic hydroxyl groups excluding tert-OH is 1. The highest BCUT2D eigenvalue weighted by Crippen LogP contribution is 2.18. The standard InChI is InChI=1S/C13H18FNO/c14-13-6-4-5-11(10-16)12(13)9-15-7-2-1-3-8-15/h4-6,16H,1-3,7-10H2. The molecule has 88 valence electrons. The summed E-state index contributed by atoms with van der Waals surface area (Å²) in [5.74, 6) is -0.197. The summed E-state index contributed by atoms with van der Waals surface area (Å²) in [5.41, 5.74) is 1.37. The minimum absolute atomic E-state index is 0.0824. The normalized spacial score (nSPS) is 17.6. The van der Waals surface area contributed by atoms with E-state index in [0.29, 0.717) is 17.7 Å². The molecule has 0 aliphatic carbocycles. The molecular formula is C13H18FNO. The van der Waals surface area contributed by atoms with Gasteiger partial charge in [0.05, 0.1) is 6.61 Å². The molecule has 1 heterocycles. The number of piperidine rings is 1. The number of halogens is 1. The summed E-state index contributed by atoms with van der Waals surface area (Å²) in [6.45, 7) is 2.63. The van der Waals surface area contributed by atoms with Crippen molar-refractivity contribution in [2.75, 3.05) is 13.1 Å². The Morgan fingerprint density at radius 2 is 1.94 bits per heavy atom. The number of hydrogen-bond donors (Lipinski definition) is 1. The fraction of sp³-hybridized carbons (Fsp3) is 0.538. The second kappa shape index (κ2) is 5.41. The average Bonchev–Trinajstić information content (AvgIpc) is 2.33. The van der Waals surface area contributed by atoms with Crippen LogP contribution in [0.1, 0.15) is 30.4 Å². The largest absolute Gasteiger partial charge is 0.392 e. The first-order valence-corrected chi connectivity index (χ1v) is 5.91. The van der Waals surface area contributed by atoms with Gasteiger partial charge in [-0.25, -0.2) is 4.39 Å². The quantitative estimate of drug-likeness (QED) is 0.850. The SMILES string of the molecule is OCc1cccc(F)c1CN1CCCCC1. The second-order valence-electron chi connectivity index (χ2n) is 4.37. The van der Waals surface area contributed by atoms with Crippen molar-refractivity contribution in [3.8, 4) is 0 Å². The van der Waals surface area contributed by atoms with Gasteiger partial charge in [-0.15, -0.1) is 0 Å². The van der Waals surface area contributed by atoms with Crippen molar-refractivity contribution < 1.29 is 9.50 Å². The van der Waals surface area contributed by atoms with Crippen LogP contribution in [0.4, 0.5) is 4.39 Å². The molecule has 16 heavy (non-hydrogen) atoms. The predicted octanol–water partition coefficient (Wildman–Crippen LogP) is 2.30. The lowest BCUT2D eigenvalue weighted by atomic mass is 10.0. The van der Waals surface area contributed by atoms with Gasteiger partial charge in [0.15, 0.2) is 0 Å². The van der Waals surface area contributed by atoms with Crippen LogP contribution < -0.4 is 0 Å². The van der Waals surface area contributed by atoms with Gasteiger partial charge in [-0.1, -0.05) is 18.6 Å². The number of hydrogen-bond acceptors (Lipinski definition) is 2. The zero-order valence-electron chi connectivity index (χ0n) is 9.45. The maximum absolute atomic E-state index is 13.7. The lowest BCUT2D eigenvalue weighted by molar-refractivity contribution is 0.214. The van der Waals surface area contributed by atoms with Crippen LogP contribution in [0.3, 0.4) is 0 Å². The molecule has 1 aromatic rings. The van der Waals surface area contributed by atoms with E-state index in [1.54, 1.807) is 12.1 Å². The Hall–Kier alpha value is -0.930. The van der Waals surface area contributed by atoms with Crippen LogP contribution in [0.2, 0.25) is 0 Å². The highest BCUT2D eigenvalue weighted by atomic mass is 19.1. The predicted molar refractivity (Wildman–Crippen MR) is 61.5 cm³/mol. The maximum Gasteiger partial charge on any atom is 0.128 e. The molecule has 1 aliphatic rings. The van der Waals surface area contributed by atoms with Crippen LogP contribution in [-0.4, -0.2) is 23.1 Å². The lowest BCUT2D eigenvalue weighted by Gasteiger charge is -2.27. The molecule has 0 aromatic heterocycles. The molecular weight excluding hydrogens is 205 g/mol. The van der Waals surface area contributed by atoms with Crippen LogP contribution in [0.25, 0.3) is 0 Å². The number of likely N-dealkylation sites (tertiary alicyclic amines) is 1. The van der Waals surface area contributed by atoms with E-state index in [4.69, 9.17) is 0 Å². The first-order chi connectivity index (χ1) is 7.81. The number of benzene rings is 1. The molecule has 1 aliphatic heterocycles. The van der Waals surface area contributed by atoms with E-state index in [9.17, 15) is 9.50 Å². The Morgan fingerprint density at radius 1 is 1.19 bits per heavy atom. The van der Waals surface area contributed by atoms with E-state index in [1.165, 1.54) is 25.3 Å². The third kappa shape index (κ3) is 2.60. The van der Waals surface area contributed by atoms with E-state index >= 15 is 0 Å². The Labute approximate surface area is 95.7 Å². The molecule has 0 spiro atoms. The summed E-state index contributed by atoms with van der Waals surface area (Å²) in [5, 5.41) is 9.19. The van der Waals surface area contributed by atoms with Crippen LogP contribution in [0, 0.1) is 5.82 Å². The Morgan fingerprint density at radius 3 is 2.62 bits per heavy atom. The summed E-state index contributed by atoms with van der Waals surface area (Å²) in [4.78, 5) is 2.26. The molecule has 1 N–H and O–H groups in total. The van der Waals surface area contributed by atoms with Crippen molar-refractivity contribution in [2.45, 2.75) is 32.4 Å². The van der Waals surface area contributed by atoms with E-state index in [1.807, 2.05) is 0 Å². The molecule has 0 unspecified atom stereocenters. The lowest BCUT2D eigenvalue weighted by Crippen LogP contribution is -2.30. The molecule has 0 atom stereocenters. The number of rotatable bonds is 3. The zero-order valence-corrected chi connectivity index (χ0v) is 9.45. The molecule has 0 amide bonds. The molecule has 3 heteroatoms. The van der Waals surface area contributed by atoms with Crippen molar-refractivity contribution in [1.29, 1.82) is 0 Å². The Kier molecular flexibility index (Phi) is 3.91. The average molecular weight is 223 g/mol. The van der Waals surface area contributed by atoms with Crippen molar-refractivity contribution >= 4 is 0 Å². The van der Waals surface area contributed by atoms with E-state index in [0.717, 1.165) is 13.1 Å². The highest BCUT2D eigenvalue weighted by Gasteiger charge is 2.14. The van der Waals surface area contributed by atoms with Crippen molar-refractivity contribution in [3.05, 3.63) is 35.1 Å². The van der Waals surface area contributed by atoms with Crippen LogP contribution in [0.15, 0.2) is 18.2 Å². The monoisotopic (exact) mass is 223 g/mol. The van der Waals surface area contributed by atoms with Crippen LogP contribution >= 0.6 is 0 Å². The maximum atomic E-state index is 13.7. The molecule has 1 fully saturated rings. The molecule has 2 rings (SSSR count). The topological polar surface area (TPSA) is 23.5 Å². The van der Waals surface area contributed by atoms with Gasteiger partial charge in [0, 0.05) is 12.1 Å². The molecule has 1 aromatic carbocycles. The van der Waals surface area contributed by atoms with Gasteiger partial charge in [-0.2, -0.15) is 0 Å². The van der Waals surface area contributed by atoms with Crippen molar-refractivity contribution in [3.63, 3.8) is 0 Å². The van der Waals surface area contributed by atoms with E-state index < -0.39 is 0 Å². The Bertz CT molecular complexity index is 348. The van der Waals surface area contributed by atoms with Gasteiger partial charge in [0.1, 0.15) is 5.82 Å². The van der Waals surface area contributed by atoms with Gasteiger partial charge in [0.2, 0.25) is 0 Å². The van der Waals surface area contributed by atoms with E-state index in [-0.39, 0.29) is 12.4 Å². The summed E-state index contributed by atoms with van der Waals surface area (Å²) >= 11 is 0. The summed E-state index contributed by atoms with van der Waals surface area (Å²) < 4.78 is 13.7. The third-order valence-electron chi connectivity index (χ3n) is 3.22. The summed E-state index contributed by atoms with van der Waals surface area (Å²) in [6.07, 6.45) is 3.67. The molecule has 0 radical (unpaired) electrons. The van der Waals surface area contributed by atoms with Crippen LogP contribution in [-0.2, 0) is 13.2 Å². The third-order valence-corrected chi connectivity index (χ3v) is 3.22. The summed E-state index contributed by atoms with van der Waals surface area (Å²) in [7, 11) is 0. The number of nitrogens with zero attached hydrogens (tertiary/aromatic N) is 1. The minimum Gasteiger partial charge on any atom is -0.392 e. The fourth-order valence-corrected chi connectivity index (χ4v) is 2.27.